The Balaban J connectivity index is 1.36. The average molecular weight is 641 g/mol. The number of rotatable bonds is 2. The molecular formula is C32H37ClN4O6S. The van der Waals surface area contributed by atoms with Crippen molar-refractivity contribution in [1.29, 1.82) is 0 Å². The molecule has 0 spiro atoms. The Morgan fingerprint density at radius 1 is 1.09 bits per heavy atom. The maximum Gasteiger partial charge on any atom is 0.304 e. The van der Waals surface area contributed by atoms with E-state index in [9.17, 15) is 18.3 Å². The van der Waals surface area contributed by atoms with Crippen LogP contribution in [0.4, 0.5) is 5.69 Å². The van der Waals surface area contributed by atoms with Gasteiger partial charge >= 0.3 is 10.2 Å². The van der Waals surface area contributed by atoms with Crippen molar-refractivity contribution in [2.45, 2.75) is 57.8 Å². The van der Waals surface area contributed by atoms with Gasteiger partial charge < -0.3 is 19.2 Å². The van der Waals surface area contributed by atoms with E-state index in [0.717, 1.165) is 53.2 Å². The van der Waals surface area contributed by atoms with Crippen LogP contribution in [-0.4, -0.2) is 54.5 Å². The Kier molecular flexibility index (Phi) is 9.27. The molecule has 44 heavy (non-hydrogen) atoms. The van der Waals surface area contributed by atoms with E-state index < -0.39 is 22.2 Å². The van der Waals surface area contributed by atoms with Gasteiger partial charge in [-0.3, -0.25) is 4.79 Å². The van der Waals surface area contributed by atoms with E-state index in [4.69, 9.17) is 20.8 Å². The fourth-order valence-electron chi connectivity index (χ4n) is 6.24. The van der Waals surface area contributed by atoms with Gasteiger partial charge in [0, 0.05) is 30.2 Å². The number of aliphatic hydroxyl groups is 1. The summed E-state index contributed by atoms with van der Waals surface area (Å²) >= 11 is 6.31. The highest BCUT2D eigenvalue weighted by Gasteiger charge is 2.37. The maximum atomic E-state index is 13.5. The van der Waals surface area contributed by atoms with Crippen LogP contribution in [0.15, 0.2) is 65.4 Å². The van der Waals surface area contributed by atoms with Crippen LogP contribution in [0.3, 0.4) is 0 Å². The Morgan fingerprint density at radius 3 is 2.77 bits per heavy atom. The number of hydrogen-bond acceptors (Lipinski definition) is 8. The zero-order valence-corrected chi connectivity index (χ0v) is 26.0. The monoisotopic (exact) mass is 640 g/mol. The quantitative estimate of drug-likeness (QED) is 0.380. The number of nitrogens with one attached hydrogen (secondary N) is 1. The first-order chi connectivity index (χ1) is 21.3. The van der Waals surface area contributed by atoms with E-state index in [1.807, 2.05) is 18.2 Å². The molecule has 0 saturated heterocycles. The molecule has 2 N–H and O–H groups in total. The molecule has 10 nitrogen and oxygen atoms in total. The third-order valence-corrected chi connectivity index (χ3v) is 10.5. The van der Waals surface area contributed by atoms with Crippen molar-refractivity contribution in [3.63, 3.8) is 0 Å². The van der Waals surface area contributed by atoms with E-state index >= 15 is 0 Å². The standard InChI is InChI=1S/C32H37ClN4O6S/c33-26-10-7-25-21-43-30-12-9-23-18-28(30)36(14-3-1-5-22(25)17-26)19-24-8-11-27(24)29(38)6-2-4-15-37(20-31-34-13-16-42-31)44(40,41)35-32(23)39/h2,6-7,9-10,12-13,16-18,24,27,29,38H,1,3-5,8,11,14-15,19-21H2,(H,35,39)/b6-2+/t24?,27?,29-/m0/s1. The molecule has 2 aliphatic heterocycles. The van der Waals surface area contributed by atoms with Crippen LogP contribution >= 0.6 is 11.6 Å². The highest BCUT2D eigenvalue weighted by molar-refractivity contribution is 7.87. The van der Waals surface area contributed by atoms with Gasteiger partial charge in [0.05, 0.1) is 24.5 Å². The molecule has 1 saturated carbocycles. The number of carbonyl (C=O) groups is 1. The molecule has 3 atom stereocenters. The first-order valence-corrected chi connectivity index (χ1v) is 16.9. The fraction of sp³-hybridized carbons (Fsp3) is 0.438. The summed E-state index contributed by atoms with van der Waals surface area (Å²) < 4.78 is 42.0. The van der Waals surface area contributed by atoms with Crippen LogP contribution in [0.2, 0.25) is 5.02 Å². The van der Waals surface area contributed by atoms with Crippen molar-refractivity contribution in [2.75, 3.05) is 24.5 Å². The second-order valence-corrected chi connectivity index (χ2v) is 13.8. The Labute approximate surface area is 262 Å². The van der Waals surface area contributed by atoms with Crippen molar-refractivity contribution < 1.29 is 27.5 Å². The number of oxazole rings is 1. The molecule has 0 radical (unpaired) electrons. The summed E-state index contributed by atoms with van der Waals surface area (Å²) in [5, 5.41) is 11.8. The SMILES string of the molecule is O=C1NS(=O)(=O)N(Cc2ncco2)CC/C=C/[C@H](O)C2CCC2CN2CCCCc3cc(Cl)ccc3COc3ccc1cc32. The predicted molar refractivity (Wildman–Crippen MR) is 167 cm³/mol. The van der Waals surface area contributed by atoms with Crippen molar-refractivity contribution >= 4 is 33.4 Å². The molecular weight excluding hydrogens is 604 g/mol. The number of amides is 1. The summed E-state index contributed by atoms with van der Waals surface area (Å²) in [5.41, 5.74) is 3.14. The van der Waals surface area contributed by atoms with Crippen molar-refractivity contribution in [3.8, 4) is 5.75 Å². The number of halogens is 1. The second kappa shape index (κ2) is 13.3. The molecule has 3 heterocycles. The minimum Gasteiger partial charge on any atom is -0.487 e. The number of fused-ring (bicyclic) bond motifs is 3. The largest absolute Gasteiger partial charge is 0.487 e. The van der Waals surface area contributed by atoms with Crippen molar-refractivity contribution in [2.24, 2.45) is 11.8 Å². The molecule has 2 bridgehead atoms. The molecule has 234 valence electrons. The summed E-state index contributed by atoms with van der Waals surface area (Å²) in [5.74, 6) is 0.427. The third-order valence-electron chi connectivity index (χ3n) is 8.84. The molecule has 2 aromatic carbocycles. The minimum atomic E-state index is -4.27. The number of anilines is 1. The molecule has 1 aromatic heterocycles. The summed E-state index contributed by atoms with van der Waals surface area (Å²) in [4.78, 5) is 19.8. The summed E-state index contributed by atoms with van der Waals surface area (Å²) in [6.07, 6.45) is 10.7. The molecule has 1 fully saturated rings. The Hall–Kier alpha value is -3.38. The molecule has 3 aliphatic rings. The Morgan fingerprint density at radius 2 is 1.98 bits per heavy atom. The zero-order valence-electron chi connectivity index (χ0n) is 24.4. The fourth-order valence-corrected chi connectivity index (χ4v) is 7.54. The van der Waals surface area contributed by atoms with Crippen molar-refractivity contribution in [3.05, 3.63) is 88.6 Å². The van der Waals surface area contributed by atoms with Gasteiger partial charge in [0.2, 0.25) is 5.89 Å². The van der Waals surface area contributed by atoms with Gasteiger partial charge in [0.15, 0.2) is 0 Å². The van der Waals surface area contributed by atoms with Gasteiger partial charge in [-0.25, -0.2) is 9.71 Å². The van der Waals surface area contributed by atoms with Gasteiger partial charge in [-0.05, 0) is 91.8 Å². The number of ether oxygens (including phenoxy) is 1. The second-order valence-electron chi connectivity index (χ2n) is 11.7. The molecule has 1 aliphatic carbocycles. The van der Waals surface area contributed by atoms with Crippen LogP contribution in [0.5, 0.6) is 5.75 Å². The average Bonchev–Trinajstić information content (AvgIpc) is 3.49. The van der Waals surface area contributed by atoms with E-state index in [2.05, 4.69) is 14.6 Å². The van der Waals surface area contributed by atoms with Crippen LogP contribution in [0.1, 0.15) is 59.5 Å². The number of hydrogen-bond donors (Lipinski definition) is 2. The highest BCUT2D eigenvalue weighted by Crippen LogP contribution is 2.41. The molecule has 6 rings (SSSR count). The lowest BCUT2D eigenvalue weighted by Crippen LogP contribution is -2.44. The number of aliphatic hydroxyl groups excluding tert-OH is 1. The summed E-state index contributed by atoms with van der Waals surface area (Å²) in [7, 11) is -4.27. The van der Waals surface area contributed by atoms with Gasteiger partial charge in [0.25, 0.3) is 5.91 Å². The lowest BCUT2D eigenvalue weighted by molar-refractivity contribution is 0.0461. The summed E-state index contributed by atoms with van der Waals surface area (Å²) in [6, 6.07) is 10.9. The number of nitrogens with zero attached hydrogens (tertiary/aromatic N) is 3. The van der Waals surface area contributed by atoms with Gasteiger partial charge in [-0.1, -0.05) is 29.8 Å². The molecule has 12 heteroatoms. The van der Waals surface area contributed by atoms with Crippen LogP contribution < -0.4 is 14.4 Å². The van der Waals surface area contributed by atoms with Gasteiger partial charge in [-0.2, -0.15) is 12.7 Å². The normalized spacial score (nSPS) is 25.3. The third kappa shape index (κ3) is 6.96. The lowest BCUT2D eigenvalue weighted by atomic mass is 9.70. The molecule has 2 unspecified atom stereocenters. The number of aromatic nitrogens is 1. The van der Waals surface area contributed by atoms with Crippen LogP contribution in [0.25, 0.3) is 0 Å². The van der Waals surface area contributed by atoms with Crippen molar-refractivity contribution in [1.82, 2.24) is 14.0 Å². The van der Waals surface area contributed by atoms with Gasteiger partial charge in [-0.15, -0.1) is 0 Å². The van der Waals surface area contributed by atoms with E-state index in [1.54, 1.807) is 30.4 Å². The number of benzene rings is 2. The topological polar surface area (TPSA) is 125 Å². The first kappa shape index (κ1) is 30.6. The number of carbonyl (C=O) groups excluding carboxylic acids is 1. The summed E-state index contributed by atoms with van der Waals surface area (Å²) in [6.45, 7) is 1.67. The van der Waals surface area contributed by atoms with E-state index in [0.29, 0.717) is 36.9 Å². The van der Waals surface area contributed by atoms with Gasteiger partial charge in [0.1, 0.15) is 18.6 Å². The number of aryl methyl sites for hydroxylation is 1. The zero-order chi connectivity index (χ0) is 30.7. The minimum absolute atomic E-state index is 0.0702. The van der Waals surface area contributed by atoms with E-state index in [-0.39, 0.29) is 36.4 Å². The highest BCUT2D eigenvalue weighted by atomic mass is 35.5. The smallest absolute Gasteiger partial charge is 0.304 e. The van der Waals surface area contributed by atoms with Crippen LogP contribution in [0, 0.1) is 11.8 Å². The Bertz CT molecular complexity index is 1610. The van der Waals surface area contributed by atoms with E-state index in [1.165, 1.54) is 12.5 Å². The molecule has 1 amide bonds. The molecule has 3 aromatic rings. The lowest BCUT2D eigenvalue weighted by Gasteiger charge is -2.42. The predicted octanol–water partition coefficient (Wildman–Crippen LogP) is 4.87. The maximum absolute atomic E-state index is 13.5. The first-order valence-electron chi connectivity index (χ1n) is 15.1. The van der Waals surface area contributed by atoms with Crippen LogP contribution in [-0.2, 0) is 29.8 Å².